The van der Waals surface area contributed by atoms with E-state index in [0.717, 1.165) is 0 Å². The van der Waals surface area contributed by atoms with Crippen LogP contribution >= 0.6 is 11.8 Å². The molecular formula is C2H3FOS. The Hall–Kier alpha value is -0.0500. The Morgan fingerprint density at radius 3 is 2.60 bits per heavy atom. The Kier molecular flexibility index (Phi) is 3.91. The van der Waals surface area contributed by atoms with Crippen molar-refractivity contribution in [2.75, 3.05) is 6.01 Å². The van der Waals surface area contributed by atoms with E-state index in [9.17, 15) is 4.39 Å². The van der Waals surface area contributed by atoms with Crippen LogP contribution in [-0.4, -0.2) is 11.6 Å². The lowest BCUT2D eigenvalue weighted by atomic mass is 11.8. The van der Waals surface area contributed by atoms with Crippen molar-refractivity contribution in [3.8, 4) is 0 Å². The number of alkyl halides is 1. The highest BCUT2D eigenvalue weighted by molar-refractivity contribution is 8.11. The normalized spacial score (nSPS) is 7.40. The number of thioether (sulfide) groups is 1. The molecule has 0 saturated heterocycles. The third kappa shape index (κ3) is 3.95. The lowest BCUT2D eigenvalue weighted by Crippen LogP contribution is -1.57. The average molecular weight is 94.1 g/mol. The highest BCUT2D eigenvalue weighted by Gasteiger charge is 1.70. The minimum atomic E-state index is -0.608. The van der Waals surface area contributed by atoms with Gasteiger partial charge in [0.15, 0.2) is 5.62 Å². The average Bonchev–Trinajstić information content (AvgIpc) is 1.41. The summed E-state index contributed by atoms with van der Waals surface area (Å²) in [6.45, 7) is 0. The van der Waals surface area contributed by atoms with Gasteiger partial charge in [-0.05, 0) is 0 Å². The van der Waals surface area contributed by atoms with Crippen molar-refractivity contribution >= 4 is 17.4 Å². The van der Waals surface area contributed by atoms with E-state index in [4.69, 9.17) is 4.79 Å². The Morgan fingerprint density at radius 1 is 2.00 bits per heavy atom. The molecule has 0 fully saturated rings. The van der Waals surface area contributed by atoms with Crippen LogP contribution in [0.2, 0.25) is 0 Å². The molecule has 0 atom stereocenters. The Bertz CT molecular complexity index is 30.8. The molecule has 0 aromatic heterocycles. The molecule has 0 aliphatic carbocycles. The SMILES string of the molecule is O=CSCF. The Labute approximate surface area is 33.6 Å². The van der Waals surface area contributed by atoms with Crippen LogP contribution in [0.3, 0.4) is 0 Å². The van der Waals surface area contributed by atoms with Gasteiger partial charge in [0, 0.05) is 0 Å². The second-order valence-corrected chi connectivity index (χ2v) is 1.12. The first-order valence-corrected chi connectivity index (χ1v) is 2.08. The first-order valence-electron chi connectivity index (χ1n) is 1.03. The van der Waals surface area contributed by atoms with Crippen molar-refractivity contribution in [1.29, 1.82) is 0 Å². The molecule has 5 heavy (non-hydrogen) atoms. The largest absolute Gasteiger partial charge is 0.291 e. The van der Waals surface area contributed by atoms with Crippen LogP contribution in [0.15, 0.2) is 0 Å². The number of carbonyl (C=O) groups excluding carboxylic acids is 1. The molecule has 0 aliphatic heterocycles. The molecule has 0 amide bonds. The van der Waals surface area contributed by atoms with Crippen molar-refractivity contribution in [3.05, 3.63) is 0 Å². The molecule has 0 aliphatic rings. The monoisotopic (exact) mass is 94.0 g/mol. The number of carbonyl (C=O) groups is 1. The van der Waals surface area contributed by atoms with Gasteiger partial charge < -0.3 is 0 Å². The zero-order valence-electron chi connectivity index (χ0n) is 2.48. The maximum atomic E-state index is 10.7. The maximum Gasteiger partial charge on any atom is 0.178 e. The minimum Gasteiger partial charge on any atom is -0.291 e. The van der Waals surface area contributed by atoms with E-state index in [0.29, 0.717) is 17.4 Å². The van der Waals surface area contributed by atoms with Gasteiger partial charge in [-0.1, -0.05) is 11.8 Å². The predicted molar refractivity (Wildman–Crippen MR) is 20.3 cm³/mol. The van der Waals surface area contributed by atoms with Gasteiger partial charge in [-0.25, -0.2) is 4.39 Å². The molecule has 0 aromatic rings. The van der Waals surface area contributed by atoms with Crippen molar-refractivity contribution in [2.24, 2.45) is 0 Å². The van der Waals surface area contributed by atoms with E-state index >= 15 is 0 Å². The van der Waals surface area contributed by atoms with Crippen LogP contribution in [0.5, 0.6) is 0 Å². The van der Waals surface area contributed by atoms with Crippen LogP contribution in [0, 0.1) is 0 Å². The molecular weight excluding hydrogens is 91.1 g/mol. The molecule has 3 heteroatoms. The molecule has 0 aromatic carbocycles. The summed E-state index contributed by atoms with van der Waals surface area (Å²) in [7, 11) is 0. The predicted octanol–water partition coefficient (Wildman–Crippen LogP) is 0.837. The topological polar surface area (TPSA) is 17.1 Å². The smallest absolute Gasteiger partial charge is 0.178 e. The van der Waals surface area contributed by atoms with E-state index in [1.807, 2.05) is 0 Å². The fourth-order valence-electron chi connectivity index (χ4n) is 0.0257. The number of hydrogen-bond donors (Lipinski definition) is 0. The summed E-state index contributed by atoms with van der Waals surface area (Å²) in [5.74, 6) is 0. The van der Waals surface area contributed by atoms with Crippen LogP contribution < -0.4 is 0 Å². The van der Waals surface area contributed by atoms with E-state index in [1.165, 1.54) is 0 Å². The van der Waals surface area contributed by atoms with Crippen molar-refractivity contribution in [3.63, 3.8) is 0 Å². The Morgan fingerprint density at radius 2 is 2.60 bits per heavy atom. The minimum absolute atomic E-state index is 0.472. The molecule has 0 saturated carbocycles. The van der Waals surface area contributed by atoms with Gasteiger partial charge in [0.2, 0.25) is 0 Å². The highest BCUT2D eigenvalue weighted by Crippen LogP contribution is 1.89. The maximum absolute atomic E-state index is 10.7. The molecule has 0 bridgehead atoms. The standard InChI is InChI=1S/C2H3FOS/c3-1-5-2-4/h2H,1H2. The fraction of sp³-hybridized carbons (Fsp3) is 0.500. The molecule has 1 nitrogen and oxygen atoms in total. The van der Waals surface area contributed by atoms with Gasteiger partial charge in [0.1, 0.15) is 6.01 Å². The highest BCUT2D eigenvalue weighted by atomic mass is 32.2. The van der Waals surface area contributed by atoms with Crippen LogP contribution in [0.1, 0.15) is 0 Å². The van der Waals surface area contributed by atoms with Crippen molar-refractivity contribution < 1.29 is 9.18 Å². The van der Waals surface area contributed by atoms with Crippen molar-refractivity contribution in [1.82, 2.24) is 0 Å². The lowest BCUT2D eigenvalue weighted by molar-refractivity contribution is 0.567. The molecule has 0 unspecified atom stereocenters. The number of hydrogen-bond acceptors (Lipinski definition) is 2. The summed E-state index contributed by atoms with van der Waals surface area (Å²) in [5.41, 5.74) is 0.472. The first-order chi connectivity index (χ1) is 2.41. The van der Waals surface area contributed by atoms with E-state index in [1.54, 1.807) is 0 Å². The molecule has 0 rings (SSSR count). The third-order valence-corrected chi connectivity index (χ3v) is 0.393. The van der Waals surface area contributed by atoms with Gasteiger partial charge >= 0.3 is 0 Å². The Balaban J connectivity index is 2.40. The molecule has 30 valence electrons. The molecule has 0 heterocycles. The van der Waals surface area contributed by atoms with E-state index in [-0.39, 0.29) is 0 Å². The van der Waals surface area contributed by atoms with Crippen LogP contribution in [-0.2, 0) is 4.79 Å². The zero-order chi connectivity index (χ0) is 4.12. The van der Waals surface area contributed by atoms with Crippen LogP contribution in [0.4, 0.5) is 4.39 Å². The molecule has 0 N–H and O–H groups in total. The van der Waals surface area contributed by atoms with Gasteiger partial charge in [0.25, 0.3) is 0 Å². The second kappa shape index (κ2) is 3.95. The number of halogens is 1. The third-order valence-electron chi connectivity index (χ3n) is 0.131. The quantitative estimate of drug-likeness (QED) is 0.471. The van der Waals surface area contributed by atoms with Crippen molar-refractivity contribution in [2.45, 2.75) is 0 Å². The summed E-state index contributed by atoms with van der Waals surface area (Å²) in [6, 6.07) is -0.608. The molecule has 0 spiro atoms. The zero-order valence-corrected chi connectivity index (χ0v) is 3.30. The van der Waals surface area contributed by atoms with Gasteiger partial charge in [-0.3, -0.25) is 4.79 Å². The van der Waals surface area contributed by atoms with Gasteiger partial charge in [-0.2, -0.15) is 0 Å². The summed E-state index contributed by atoms with van der Waals surface area (Å²) in [4.78, 5) is 9.13. The first kappa shape index (κ1) is 4.95. The second-order valence-electron chi connectivity index (χ2n) is 0.372. The van der Waals surface area contributed by atoms with E-state index in [2.05, 4.69) is 0 Å². The summed E-state index contributed by atoms with van der Waals surface area (Å²) in [6.07, 6.45) is 0. The molecule has 0 radical (unpaired) electrons. The number of rotatable bonds is 2. The van der Waals surface area contributed by atoms with Gasteiger partial charge in [-0.15, -0.1) is 0 Å². The van der Waals surface area contributed by atoms with E-state index < -0.39 is 6.01 Å². The lowest BCUT2D eigenvalue weighted by Gasteiger charge is -1.65. The summed E-state index contributed by atoms with van der Waals surface area (Å²) < 4.78 is 10.7. The summed E-state index contributed by atoms with van der Waals surface area (Å²) >= 11 is 0.616. The summed E-state index contributed by atoms with van der Waals surface area (Å²) in [5, 5.41) is 0. The van der Waals surface area contributed by atoms with Crippen LogP contribution in [0.25, 0.3) is 0 Å². The van der Waals surface area contributed by atoms with Gasteiger partial charge in [0.05, 0.1) is 0 Å². The fourth-order valence-corrected chi connectivity index (χ4v) is 0.0772.